The Balaban J connectivity index is 2.34. The van der Waals surface area contributed by atoms with Crippen LogP contribution in [0.5, 0.6) is 0 Å². The van der Waals surface area contributed by atoms with Gasteiger partial charge in [-0.15, -0.1) is 0 Å². The maximum atomic E-state index is 11.7. The Morgan fingerprint density at radius 2 is 2.25 bits per heavy atom. The summed E-state index contributed by atoms with van der Waals surface area (Å²) >= 11 is 0. The van der Waals surface area contributed by atoms with Crippen molar-refractivity contribution in [1.82, 2.24) is 5.32 Å². The third-order valence-corrected chi connectivity index (χ3v) is 3.07. The summed E-state index contributed by atoms with van der Waals surface area (Å²) in [6.07, 6.45) is 3.54. The molecule has 94 valence electrons. The third-order valence-electron chi connectivity index (χ3n) is 3.07. The summed E-state index contributed by atoms with van der Waals surface area (Å²) in [4.78, 5) is 11.7. The zero-order valence-corrected chi connectivity index (χ0v) is 9.78. The summed E-state index contributed by atoms with van der Waals surface area (Å²) in [5.74, 6) is -0.109. The second-order valence-electron chi connectivity index (χ2n) is 5.00. The standard InChI is InChI=1S/C11H22N2O3/c1-11(16,7-14)6-13-10(15)8-3-2-4-9(12)5-8/h8-9,14,16H,2-7,12H2,1H3,(H,13,15). The summed E-state index contributed by atoms with van der Waals surface area (Å²) in [6.45, 7) is 1.20. The molecule has 5 N–H and O–H groups in total. The summed E-state index contributed by atoms with van der Waals surface area (Å²) in [6, 6.07) is 0.114. The number of aliphatic hydroxyl groups is 2. The second kappa shape index (κ2) is 5.61. The Morgan fingerprint density at radius 1 is 1.56 bits per heavy atom. The van der Waals surface area contributed by atoms with Gasteiger partial charge < -0.3 is 21.3 Å². The predicted molar refractivity (Wildman–Crippen MR) is 60.7 cm³/mol. The van der Waals surface area contributed by atoms with E-state index in [2.05, 4.69) is 5.32 Å². The Morgan fingerprint density at radius 3 is 2.81 bits per heavy atom. The van der Waals surface area contributed by atoms with Gasteiger partial charge in [0.25, 0.3) is 0 Å². The molecule has 3 unspecified atom stereocenters. The van der Waals surface area contributed by atoms with E-state index in [-0.39, 0.29) is 31.0 Å². The summed E-state index contributed by atoms with van der Waals surface area (Å²) in [5.41, 5.74) is 4.56. The number of nitrogens with two attached hydrogens (primary N) is 1. The molecule has 1 fully saturated rings. The molecule has 0 aromatic carbocycles. The van der Waals surface area contributed by atoms with E-state index in [0.717, 1.165) is 19.3 Å². The van der Waals surface area contributed by atoms with Crippen molar-refractivity contribution < 1.29 is 15.0 Å². The van der Waals surface area contributed by atoms with Gasteiger partial charge in [-0.25, -0.2) is 0 Å². The van der Waals surface area contributed by atoms with Crippen molar-refractivity contribution in [1.29, 1.82) is 0 Å². The van der Waals surface area contributed by atoms with Gasteiger partial charge in [0.2, 0.25) is 5.91 Å². The molecule has 1 rings (SSSR count). The molecular formula is C11H22N2O3. The quantitative estimate of drug-likeness (QED) is 0.517. The van der Waals surface area contributed by atoms with Crippen LogP contribution in [0.15, 0.2) is 0 Å². The number of nitrogens with one attached hydrogen (secondary N) is 1. The van der Waals surface area contributed by atoms with E-state index in [1.165, 1.54) is 6.92 Å². The van der Waals surface area contributed by atoms with Crippen molar-refractivity contribution in [3.05, 3.63) is 0 Å². The van der Waals surface area contributed by atoms with E-state index >= 15 is 0 Å². The van der Waals surface area contributed by atoms with Crippen molar-refractivity contribution in [3.8, 4) is 0 Å². The van der Waals surface area contributed by atoms with E-state index in [1.54, 1.807) is 0 Å². The minimum Gasteiger partial charge on any atom is -0.393 e. The van der Waals surface area contributed by atoms with Crippen LogP contribution < -0.4 is 11.1 Å². The van der Waals surface area contributed by atoms with Crippen LogP contribution in [0.2, 0.25) is 0 Å². The van der Waals surface area contributed by atoms with Crippen LogP contribution in [-0.2, 0) is 4.79 Å². The molecule has 5 nitrogen and oxygen atoms in total. The molecule has 0 bridgehead atoms. The van der Waals surface area contributed by atoms with Gasteiger partial charge in [-0.3, -0.25) is 4.79 Å². The number of rotatable bonds is 4. The summed E-state index contributed by atoms with van der Waals surface area (Å²) in [7, 11) is 0. The van der Waals surface area contributed by atoms with Crippen molar-refractivity contribution >= 4 is 5.91 Å². The molecule has 0 aromatic heterocycles. The van der Waals surface area contributed by atoms with Gasteiger partial charge in [-0.1, -0.05) is 6.42 Å². The molecule has 1 aliphatic rings. The monoisotopic (exact) mass is 230 g/mol. The van der Waals surface area contributed by atoms with Crippen LogP contribution in [-0.4, -0.2) is 40.9 Å². The Labute approximate surface area is 96.0 Å². The average Bonchev–Trinajstić information content (AvgIpc) is 2.26. The lowest BCUT2D eigenvalue weighted by molar-refractivity contribution is -0.127. The smallest absolute Gasteiger partial charge is 0.223 e. The molecule has 1 amide bonds. The molecule has 5 heteroatoms. The molecular weight excluding hydrogens is 208 g/mol. The zero-order chi connectivity index (χ0) is 12.2. The molecule has 0 aromatic rings. The third kappa shape index (κ3) is 4.08. The molecule has 1 aliphatic carbocycles. The first-order valence-corrected chi connectivity index (χ1v) is 5.81. The molecule has 16 heavy (non-hydrogen) atoms. The van der Waals surface area contributed by atoms with Gasteiger partial charge in [0, 0.05) is 18.5 Å². The maximum Gasteiger partial charge on any atom is 0.223 e. The van der Waals surface area contributed by atoms with Crippen LogP contribution in [0.4, 0.5) is 0 Å². The fourth-order valence-corrected chi connectivity index (χ4v) is 1.94. The van der Waals surface area contributed by atoms with Crippen LogP contribution in [0.1, 0.15) is 32.6 Å². The van der Waals surface area contributed by atoms with Gasteiger partial charge in [0.05, 0.1) is 6.61 Å². The molecule has 0 saturated heterocycles. The number of carbonyl (C=O) groups excluding carboxylic acids is 1. The van der Waals surface area contributed by atoms with Crippen LogP contribution in [0.3, 0.4) is 0 Å². The summed E-state index contributed by atoms with van der Waals surface area (Å²) < 4.78 is 0. The highest BCUT2D eigenvalue weighted by Gasteiger charge is 2.27. The number of hydrogen-bond acceptors (Lipinski definition) is 4. The Bertz CT molecular complexity index is 243. The SMILES string of the molecule is CC(O)(CO)CNC(=O)C1CCCC(N)C1. The minimum atomic E-state index is -1.24. The van der Waals surface area contributed by atoms with Crippen LogP contribution in [0.25, 0.3) is 0 Å². The average molecular weight is 230 g/mol. The summed E-state index contributed by atoms with van der Waals surface area (Å²) in [5, 5.41) is 21.0. The fraction of sp³-hybridized carbons (Fsp3) is 0.909. The highest BCUT2D eigenvalue weighted by Crippen LogP contribution is 2.23. The fourth-order valence-electron chi connectivity index (χ4n) is 1.94. The minimum absolute atomic E-state index is 0.0433. The van der Waals surface area contributed by atoms with Crippen LogP contribution >= 0.6 is 0 Å². The van der Waals surface area contributed by atoms with Crippen molar-refractivity contribution in [2.45, 2.75) is 44.2 Å². The van der Waals surface area contributed by atoms with E-state index in [0.29, 0.717) is 6.42 Å². The van der Waals surface area contributed by atoms with Gasteiger partial charge >= 0.3 is 0 Å². The van der Waals surface area contributed by atoms with E-state index < -0.39 is 5.60 Å². The Kier molecular flexibility index (Phi) is 4.70. The highest BCUT2D eigenvalue weighted by molar-refractivity contribution is 5.78. The van der Waals surface area contributed by atoms with Crippen molar-refractivity contribution in [2.24, 2.45) is 11.7 Å². The highest BCUT2D eigenvalue weighted by atomic mass is 16.3. The zero-order valence-electron chi connectivity index (χ0n) is 9.78. The number of amides is 1. The first-order valence-electron chi connectivity index (χ1n) is 5.81. The molecule has 0 radical (unpaired) electrons. The molecule has 3 atom stereocenters. The lowest BCUT2D eigenvalue weighted by Crippen LogP contribution is -2.46. The number of hydrogen-bond donors (Lipinski definition) is 4. The largest absolute Gasteiger partial charge is 0.393 e. The maximum absolute atomic E-state index is 11.7. The van der Waals surface area contributed by atoms with Crippen molar-refractivity contribution in [3.63, 3.8) is 0 Å². The Hall–Kier alpha value is -0.650. The van der Waals surface area contributed by atoms with E-state index in [9.17, 15) is 9.90 Å². The molecule has 0 spiro atoms. The number of aliphatic hydroxyl groups excluding tert-OH is 1. The van der Waals surface area contributed by atoms with Crippen LogP contribution in [0, 0.1) is 5.92 Å². The molecule has 0 aliphatic heterocycles. The van der Waals surface area contributed by atoms with Gasteiger partial charge in [-0.05, 0) is 26.2 Å². The first-order chi connectivity index (χ1) is 7.44. The van der Waals surface area contributed by atoms with E-state index in [4.69, 9.17) is 10.8 Å². The predicted octanol–water partition coefficient (Wildman–Crippen LogP) is -0.637. The van der Waals surface area contributed by atoms with Gasteiger partial charge in [0.15, 0.2) is 0 Å². The number of carbonyl (C=O) groups is 1. The van der Waals surface area contributed by atoms with E-state index in [1.807, 2.05) is 0 Å². The first kappa shape index (κ1) is 13.4. The topological polar surface area (TPSA) is 95.6 Å². The lowest BCUT2D eigenvalue weighted by atomic mass is 9.85. The molecule has 1 saturated carbocycles. The normalized spacial score (nSPS) is 29.5. The lowest BCUT2D eigenvalue weighted by Gasteiger charge is -2.27. The molecule has 0 heterocycles. The van der Waals surface area contributed by atoms with Gasteiger partial charge in [-0.2, -0.15) is 0 Å². The second-order valence-corrected chi connectivity index (χ2v) is 5.00. The van der Waals surface area contributed by atoms with Crippen molar-refractivity contribution in [2.75, 3.05) is 13.2 Å². The van der Waals surface area contributed by atoms with Gasteiger partial charge in [0.1, 0.15) is 5.60 Å².